The Balaban J connectivity index is 1.81. The Bertz CT molecular complexity index is 385. The van der Waals surface area contributed by atoms with Crippen LogP contribution in [0.3, 0.4) is 0 Å². The van der Waals surface area contributed by atoms with Crippen LogP contribution in [-0.4, -0.2) is 35.6 Å². The molecule has 1 fully saturated rings. The van der Waals surface area contributed by atoms with Crippen molar-refractivity contribution in [2.75, 3.05) is 19.8 Å². The van der Waals surface area contributed by atoms with E-state index in [1.54, 1.807) is 0 Å². The molecule has 0 bridgehead atoms. The van der Waals surface area contributed by atoms with Gasteiger partial charge in [0.1, 0.15) is 0 Å². The molecule has 1 heterocycles. The maximum absolute atomic E-state index is 5.44. The molecule has 1 aromatic heterocycles. The Labute approximate surface area is 129 Å². The van der Waals surface area contributed by atoms with Crippen LogP contribution in [0, 0.1) is 0 Å². The van der Waals surface area contributed by atoms with E-state index in [0.29, 0.717) is 12.1 Å². The molecule has 1 atom stereocenters. The van der Waals surface area contributed by atoms with Crippen molar-refractivity contribution in [1.29, 1.82) is 0 Å². The fourth-order valence-corrected chi connectivity index (χ4v) is 3.25. The van der Waals surface area contributed by atoms with Crippen LogP contribution in [0.25, 0.3) is 0 Å². The zero-order valence-corrected chi connectivity index (χ0v) is 13.7. The van der Waals surface area contributed by atoms with Crippen LogP contribution >= 0.6 is 0 Å². The molecular formula is C17H31N3O. The SMILES string of the molecule is CCNC(CCCOCC)Cc1ccn(C2CCCC2)n1. The second-order valence-electron chi connectivity index (χ2n) is 6.02. The highest BCUT2D eigenvalue weighted by molar-refractivity contribution is 5.02. The molecule has 0 spiro atoms. The number of nitrogens with one attached hydrogen (secondary N) is 1. The molecule has 0 amide bonds. The van der Waals surface area contributed by atoms with Crippen molar-refractivity contribution in [3.63, 3.8) is 0 Å². The quantitative estimate of drug-likeness (QED) is 0.673. The maximum atomic E-state index is 5.44. The Kier molecular flexibility index (Phi) is 7.24. The maximum Gasteiger partial charge on any atom is 0.0640 e. The largest absolute Gasteiger partial charge is 0.382 e. The molecule has 0 radical (unpaired) electrons. The molecule has 0 aromatic carbocycles. The first-order valence-electron chi connectivity index (χ1n) is 8.68. The van der Waals surface area contributed by atoms with Gasteiger partial charge in [-0.15, -0.1) is 0 Å². The number of likely N-dealkylation sites (N-methyl/N-ethyl adjacent to an activating group) is 1. The number of ether oxygens (including phenoxy) is 1. The lowest BCUT2D eigenvalue weighted by Gasteiger charge is -2.17. The minimum atomic E-state index is 0.516. The Morgan fingerprint density at radius 1 is 1.38 bits per heavy atom. The third-order valence-electron chi connectivity index (χ3n) is 4.36. The lowest BCUT2D eigenvalue weighted by atomic mass is 10.1. The molecule has 2 rings (SSSR count). The van der Waals surface area contributed by atoms with Crippen molar-refractivity contribution in [2.45, 2.75) is 70.9 Å². The van der Waals surface area contributed by atoms with Crippen LogP contribution in [0.4, 0.5) is 0 Å². The predicted molar refractivity (Wildman–Crippen MR) is 86.6 cm³/mol. The monoisotopic (exact) mass is 293 g/mol. The van der Waals surface area contributed by atoms with Crippen molar-refractivity contribution in [3.05, 3.63) is 18.0 Å². The van der Waals surface area contributed by atoms with Crippen LogP contribution in [-0.2, 0) is 11.2 Å². The van der Waals surface area contributed by atoms with E-state index in [2.05, 4.69) is 36.1 Å². The summed E-state index contributed by atoms with van der Waals surface area (Å²) in [6.07, 6.45) is 10.8. The molecule has 1 aliphatic rings. The summed E-state index contributed by atoms with van der Waals surface area (Å²) >= 11 is 0. The zero-order valence-electron chi connectivity index (χ0n) is 13.7. The molecule has 0 saturated heterocycles. The van der Waals surface area contributed by atoms with Gasteiger partial charge in [-0.1, -0.05) is 19.8 Å². The van der Waals surface area contributed by atoms with Gasteiger partial charge < -0.3 is 10.1 Å². The molecule has 1 aromatic rings. The number of nitrogens with zero attached hydrogens (tertiary/aromatic N) is 2. The highest BCUT2D eigenvalue weighted by Gasteiger charge is 2.18. The molecule has 120 valence electrons. The first kappa shape index (κ1) is 16.5. The molecule has 1 N–H and O–H groups in total. The fraction of sp³-hybridized carbons (Fsp3) is 0.824. The van der Waals surface area contributed by atoms with Gasteiger partial charge in [-0.05, 0) is 45.2 Å². The molecular weight excluding hydrogens is 262 g/mol. The Hall–Kier alpha value is -0.870. The smallest absolute Gasteiger partial charge is 0.0640 e. The van der Waals surface area contributed by atoms with E-state index < -0.39 is 0 Å². The second kappa shape index (κ2) is 9.21. The lowest BCUT2D eigenvalue weighted by Crippen LogP contribution is -2.31. The van der Waals surface area contributed by atoms with Gasteiger partial charge in [-0.2, -0.15) is 5.10 Å². The standard InChI is InChI=1S/C17H31N3O/c1-3-18-15(8-7-13-21-4-2)14-16-11-12-20(19-16)17-9-5-6-10-17/h11-12,15,17-18H,3-10,13-14H2,1-2H3. The molecule has 1 saturated carbocycles. The van der Waals surface area contributed by atoms with E-state index in [4.69, 9.17) is 9.84 Å². The van der Waals surface area contributed by atoms with Crippen LogP contribution in [0.1, 0.15) is 64.1 Å². The Morgan fingerprint density at radius 2 is 2.19 bits per heavy atom. The highest BCUT2D eigenvalue weighted by atomic mass is 16.5. The second-order valence-corrected chi connectivity index (χ2v) is 6.02. The fourth-order valence-electron chi connectivity index (χ4n) is 3.25. The van der Waals surface area contributed by atoms with E-state index in [1.807, 2.05) is 0 Å². The van der Waals surface area contributed by atoms with Crippen LogP contribution < -0.4 is 5.32 Å². The van der Waals surface area contributed by atoms with Crippen molar-refractivity contribution >= 4 is 0 Å². The summed E-state index contributed by atoms with van der Waals surface area (Å²) in [7, 11) is 0. The van der Waals surface area contributed by atoms with Gasteiger partial charge in [0.15, 0.2) is 0 Å². The van der Waals surface area contributed by atoms with Gasteiger partial charge in [0.05, 0.1) is 11.7 Å². The summed E-state index contributed by atoms with van der Waals surface area (Å²) in [5.74, 6) is 0. The van der Waals surface area contributed by atoms with E-state index in [1.165, 1.54) is 31.4 Å². The van der Waals surface area contributed by atoms with Crippen LogP contribution in [0.5, 0.6) is 0 Å². The first-order chi connectivity index (χ1) is 10.3. The van der Waals surface area contributed by atoms with Gasteiger partial charge in [0, 0.05) is 31.9 Å². The van der Waals surface area contributed by atoms with Crippen molar-refractivity contribution in [2.24, 2.45) is 0 Å². The predicted octanol–water partition coefficient (Wildman–Crippen LogP) is 3.34. The number of aromatic nitrogens is 2. The third-order valence-corrected chi connectivity index (χ3v) is 4.36. The van der Waals surface area contributed by atoms with Gasteiger partial charge in [-0.25, -0.2) is 0 Å². The summed E-state index contributed by atoms with van der Waals surface area (Å²) in [6, 6.07) is 3.36. The van der Waals surface area contributed by atoms with Crippen molar-refractivity contribution in [1.82, 2.24) is 15.1 Å². The third kappa shape index (κ3) is 5.44. The first-order valence-corrected chi connectivity index (χ1v) is 8.68. The van der Waals surface area contributed by atoms with Gasteiger partial charge in [-0.3, -0.25) is 4.68 Å². The summed E-state index contributed by atoms with van der Waals surface area (Å²) in [4.78, 5) is 0. The van der Waals surface area contributed by atoms with Crippen LogP contribution in [0.2, 0.25) is 0 Å². The van der Waals surface area contributed by atoms with Crippen molar-refractivity contribution < 1.29 is 4.74 Å². The average molecular weight is 293 g/mol. The molecule has 21 heavy (non-hydrogen) atoms. The average Bonchev–Trinajstić information content (AvgIpc) is 3.14. The summed E-state index contributed by atoms with van der Waals surface area (Å²) in [5, 5.41) is 8.39. The topological polar surface area (TPSA) is 39.1 Å². The summed E-state index contributed by atoms with van der Waals surface area (Å²) < 4.78 is 7.64. The number of rotatable bonds is 10. The zero-order chi connectivity index (χ0) is 14.9. The molecule has 1 unspecified atom stereocenters. The molecule has 1 aliphatic carbocycles. The van der Waals surface area contributed by atoms with Gasteiger partial charge in [0.2, 0.25) is 0 Å². The summed E-state index contributed by atoms with van der Waals surface area (Å²) in [6.45, 7) is 6.93. The number of hydrogen-bond donors (Lipinski definition) is 1. The van der Waals surface area contributed by atoms with Crippen molar-refractivity contribution in [3.8, 4) is 0 Å². The van der Waals surface area contributed by atoms with E-state index in [9.17, 15) is 0 Å². The molecule has 0 aliphatic heterocycles. The van der Waals surface area contributed by atoms with E-state index >= 15 is 0 Å². The highest BCUT2D eigenvalue weighted by Crippen LogP contribution is 2.28. The van der Waals surface area contributed by atoms with E-state index in [0.717, 1.165) is 39.0 Å². The summed E-state index contributed by atoms with van der Waals surface area (Å²) in [5.41, 5.74) is 1.23. The molecule has 4 nitrogen and oxygen atoms in total. The van der Waals surface area contributed by atoms with Gasteiger partial charge in [0.25, 0.3) is 0 Å². The lowest BCUT2D eigenvalue weighted by molar-refractivity contribution is 0.140. The minimum absolute atomic E-state index is 0.516. The number of hydrogen-bond acceptors (Lipinski definition) is 3. The Morgan fingerprint density at radius 3 is 2.90 bits per heavy atom. The normalized spacial score (nSPS) is 17.4. The van der Waals surface area contributed by atoms with Gasteiger partial charge >= 0.3 is 0 Å². The van der Waals surface area contributed by atoms with Crippen LogP contribution in [0.15, 0.2) is 12.3 Å². The minimum Gasteiger partial charge on any atom is -0.382 e. The molecule has 4 heteroatoms. The van der Waals surface area contributed by atoms with E-state index in [-0.39, 0.29) is 0 Å².